The molecule has 1 amide bonds. The highest BCUT2D eigenvalue weighted by molar-refractivity contribution is 7.90. The highest BCUT2D eigenvalue weighted by atomic mass is 32.2. The van der Waals surface area contributed by atoms with E-state index in [9.17, 15) is 13.2 Å². The maximum absolute atomic E-state index is 12.2. The molecule has 1 aliphatic heterocycles. The lowest BCUT2D eigenvalue weighted by atomic mass is 10.0. The Morgan fingerprint density at radius 3 is 2.48 bits per heavy atom. The van der Waals surface area contributed by atoms with Crippen LogP contribution in [-0.2, 0) is 16.3 Å². The molecule has 5 nitrogen and oxygen atoms in total. The minimum Gasteiger partial charge on any atom is -0.488 e. The predicted molar refractivity (Wildman–Crippen MR) is 114 cm³/mol. The molecule has 0 saturated carbocycles. The molecule has 1 atom stereocenters. The van der Waals surface area contributed by atoms with Gasteiger partial charge in [0.1, 0.15) is 11.9 Å². The summed E-state index contributed by atoms with van der Waals surface area (Å²) in [6.45, 7) is 2.42. The molecule has 1 aromatic heterocycles. The molecule has 2 aromatic carbocycles. The van der Waals surface area contributed by atoms with Crippen molar-refractivity contribution in [1.82, 2.24) is 5.32 Å². The lowest BCUT2D eigenvalue weighted by molar-refractivity contribution is 0.0937. The molecule has 150 valence electrons. The van der Waals surface area contributed by atoms with Crippen LogP contribution in [0.25, 0.3) is 11.1 Å². The summed E-state index contributed by atoms with van der Waals surface area (Å²) >= 11 is 1.48. The molecule has 3 aromatic rings. The first-order valence-corrected chi connectivity index (χ1v) is 11.9. The molecule has 29 heavy (non-hydrogen) atoms. The quantitative estimate of drug-likeness (QED) is 0.671. The van der Waals surface area contributed by atoms with E-state index in [1.165, 1.54) is 17.6 Å². The Labute approximate surface area is 174 Å². The molecule has 7 heteroatoms. The summed E-state index contributed by atoms with van der Waals surface area (Å²) in [6, 6.07) is 16.6. The van der Waals surface area contributed by atoms with Gasteiger partial charge in [-0.3, -0.25) is 4.79 Å². The van der Waals surface area contributed by atoms with Gasteiger partial charge in [-0.2, -0.15) is 0 Å². The standard InChI is InChI=1S/C22H21NO4S2/c1-14-3-10-21(28-14)22(24)23-13-18-12-17-11-16(6-9-20(17)27-18)15-4-7-19(8-5-15)29(2,25)26/h3-11,18H,12-13H2,1-2H3,(H,23,24)/t18-/m1/s1. The van der Waals surface area contributed by atoms with Crippen LogP contribution in [0.4, 0.5) is 0 Å². The SMILES string of the molecule is Cc1ccc(C(=O)NC[C@H]2Cc3cc(-c4ccc(S(C)(=O)=O)cc4)ccc3O2)s1. The largest absolute Gasteiger partial charge is 0.488 e. The number of sulfone groups is 1. The number of benzene rings is 2. The van der Waals surface area contributed by atoms with Crippen LogP contribution in [0.2, 0.25) is 0 Å². The molecule has 0 fully saturated rings. The van der Waals surface area contributed by atoms with Crippen molar-refractivity contribution >= 4 is 27.1 Å². The number of nitrogens with one attached hydrogen (secondary N) is 1. The molecule has 0 unspecified atom stereocenters. The van der Waals surface area contributed by atoms with Gasteiger partial charge < -0.3 is 10.1 Å². The first-order valence-electron chi connectivity index (χ1n) is 9.24. The average molecular weight is 428 g/mol. The van der Waals surface area contributed by atoms with Crippen molar-refractivity contribution in [1.29, 1.82) is 0 Å². The Balaban J connectivity index is 1.42. The van der Waals surface area contributed by atoms with Crippen molar-refractivity contribution in [2.24, 2.45) is 0 Å². The van der Waals surface area contributed by atoms with Crippen molar-refractivity contribution in [2.75, 3.05) is 12.8 Å². The van der Waals surface area contributed by atoms with Gasteiger partial charge in [-0.05, 0) is 60.0 Å². The summed E-state index contributed by atoms with van der Waals surface area (Å²) < 4.78 is 29.2. The normalized spacial score (nSPS) is 15.6. The Morgan fingerprint density at radius 1 is 1.10 bits per heavy atom. The fraction of sp³-hybridized carbons (Fsp3) is 0.227. The van der Waals surface area contributed by atoms with E-state index in [1.807, 2.05) is 43.3 Å². The summed E-state index contributed by atoms with van der Waals surface area (Å²) in [5.41, 5.74) is 3.04. The average Bonchev–Trinajstić information content (AvgIpc) is 3.30. The number of carbonyl (C=O) groups is 1. The molecular formula is C22H21NO4S2. The van der Waals surface area contributed by atoms with Crippen LogP contribution < -0.4 is 10.1 Å². The zero-order chi connectivity index (χ0) is 20.6. The molecule has 1 aliphatic rings. The second-order valence-corrected chi connectivity index (χ2v) is 10.5. The van der Waals surface area contributed by atoms with Crippen molar-refractivity contribution < 1.29 is 17.9 Å². The Morgan fingerprint density at radius 2 is 1.83 bits per heavy atom. The maximum Gasteiger partial charge on any atom is 0.261 e. The minimum atomic E-state index is -3.20. The van der Waals surface area contributed by atoms with Gasteiger partial charge in [-0.25, -0.2) is 8.42 Å². The summed E-state index contributed by atoms with van der Waals surface area (Å²) in [4.78, 5) is 14.3. The number of ether oxygens (including phenoxy) is 1. The summed E-state index contributed by atoms with van der Waals surface area (Å²) in [5, 5.41) is 2.95. The van der Waals surface area contributed by atoms with Gasteiger partial charge in [0, 0.05) is 17.6 Å². The van der Waals surface area contributed by atoms with E-state index in [0.717, 1.165) is 27.3 Å². The fourth-order valence-corrected chi connectivity index (χ4v) is 4.77. The van der Waals surface area contributed by atoms with E-state index < -0.39 is 9.84 Å². The molecule has 0 bridgehead atoms. The number of rotatable bonds is 5. The number of thiophene rings is 1. The van der Waals surface area contributed by atoms with Gasteiger partial charge in [-0.1, -0.05) is 18.2 Å². The Hall–Kier alpha value is -2.64. The number of fused-ring (bicyclic) bond motifs is 1. The van der Waals surface area contributed by atoms with Gasteiger partial charge in [0.2, 0.25) is 0 Å². The summed E-state index contributed by atoms with van der Waals surface area (Å²) in [6.07, 6.45) is 1.82. The van der Waals surface area contributed by atoms with Crippen LogP contribution in [0.5, 0.6) is 5.75 Å². The minimum absolute atomic E-state index is 0.0747. The Bertz CT molecular complexity index is 1160. The van der Waals surface area contributed by atoms with E-state index in [4.69, 9.17) is 4.74 Å². The number of amides is 1. The van der Waals surface area contributed by atoms with Gasteiger partial charge >= 0.3 is 0 Å². The molecule has 2 heterocycles. The van der Waals surface area contributed by atoms with E-state index in [2.05, 4.69) is 11.4 Å². The van der Waals surface area contributed by atoms with E-state index in [1.54, 1.807) is 12.1 Å². The topological polar surface area (TPSA) is 72.5 Å². The smallest absolute Gasteiger partial charge is 0.261 e. The molecule has 4 rings (SSSR count). The van der Waals surface area contributed by atoms with E-state index in [-0.39, 0.29) is 12.0 Å². The van der Waals surface area contributed by atoms with Crippen LogP contribution in [0.15, 0.2) is 59.5 Å². The van der Waals surface area contributed by atoms with Crippen LogP contribution >= 0.6 is 11.3 Å². The first kappa shape index (κ1) is 19.7. The van der Waals surface area contributed by atoms with Gasteiger partial charge in [0.05, 0.1) is 16.3 Å². The van der Waals surface area contributed by atoms with Gasteiger partial charge in [0.25, 0.3) is 5.91 Å². The predicted octanol–water partition coefficient (Wildman–Crippen LogP) is 3.86. The molecule has 0 saturated heterocycles. The molecule has 0 aliphatic carbocycles. The number of hydrogen-bond acceptors (Lipinski definition) is 5. The third kappa shape index (κ3) is 4.36. The van der Waals surface area contributed by atoms with Crippen molar-refractivity contribution in [3.63, 3.8) is 0 Å². The molecular weight excluding hydrogens is 406 g/mol. The monoisotopic (exact) mass is 427 g/mol. The number of aryl methyl sites for hydroxylation is 1. The van der Waals surface area contributed by atoms with Crippen LogP contribution in [0, 0.1) is 6.92 Å². The Kier molecular flexibility index (Phi) is 5.19. The van der Waals surface area contributed by atoms with Crippen molar-refractivity contribution in [2.45, 2.75) is 24.3 Å². The fourth-order valence-electron chi connectivity index (χ4n) is 3.36. The summed E-state index contributed by atoms with van der Waals surface area (Å²) in [7, 11) is -3.20. The maximum atomic E-state index is 12.2. The lowest BCUT2D eigenvalue weighted by Crippen LogP contribution is -2.34. The van der Waals surface area contributed by atoms with Crippen molar-refractivity contribution in [3.05, 3.63) is 69.9 Å². The van der Waals surface area contributed by atoms with Crippen LogP contribution in [0.3, 0.4) is 0 Å². The van der Waals surface area contributed by atoms with Gasteiger partial charge in [-0.15, -0.1) is 11.3 Å². The first-order chi connectivity index (χ1) is 13.8. The second kappa shape index (κ2) is 7.65. The zero-order valence-electron chi connectivity index (χ0n) is 16.1. The van der Waals surface area contributed by atoms with Crippen molar-refractivity contribution in [3.8, 4) is 16.9 Å². The lowest BCUT2D eigenvalue weighted by Gasteiger charge is -2.11. The second-order valence-electron chi connectivity index (χ2n) is 7.18. The van der Waals surface area contributed by atoms with E-state index in [0.29, 0.717) is 22.7 Å². The van der Waals surface area contributed by atoms with Crippen LogP contribution in [0.1, 0.15) is 20.1 Å². The zero-order valence-corrected chi connectivity index (χ0v) is 17.8. The van der Waals surface area contributed by atoms with Crippen LogP contribution in [-0.4, -0.2) is 33.2 Å². The summed E-state index contributed by atoms with van der Waals surface area (Å²) in [5.74, 6) is 0.752. The number of hydrogen-bond donors (Lipinski definition) is 1. The van der Waals surface area contributed by atoms with Gasteiger partial charge in [0.15, 0.2) is 9.84 Å². The third-order valence-electron chi connectivity index (χ3n) is 4.87. The highest BCUT2D eigenvalue weighted by Crippen LogP contribution is 2.33. The molecule has 1 N–H and O–H groups in total. The highest BCUT2D eigenvalue weighted by Gasteiger charge is 2.24. The van der Waals surface area contributed by atoms with E-state index >= 15 is 0 Å². The molecule has 0 radical (unpaired) electrons. The number of carbonyl (C=O) groups excluding carboxylic acids is 1. The third-order valence-corrected chi connectivity index (χ3v) is 7.00. The molecule has 0 spiro atoms.